The predicted molar refractivity (Wildman–Crippen MR) is 186 cm³/mol. The molecule has 0 aromatic heterocycles. The number of aliphatic carboxylic acids is 2. The van der Waals surface area contributed by atoms with Gasteiger partial charge in [0, 0.05) is 12.8 Å². The van der Waals surface area contributed by atoms with E-state index in [-0.39, 0.29) is 31.0 Å². The number of hydroxylamine groups is 2. The normalized spacial score (nSPS) is 12.0. The number of carbonyl (C=O) groups is 7. The predicted octanol–water partition coefficient (Wildman–Crippen LogP) is -1.42. The summed E-state index contributed by atoms with van der Waals surface area (Å²) in [5, 5.41) is 36.4. The van der Waals surface area contributed by atoms with Crippen molar-refractivity contribution in [3.8, 4) is 0 Å². The molecule has 0 spiro atoms. The Balaban J connectivity index is 0.000000389. The lowest BCUT2D eigenvalue weighted by molar-refractivity contribution is -0.175. The minimum Gasteiger partial charge on any atom is -0.480 e. The highest BCUT2D eigenvalue weighted by molar-refractivity contribution is 5.92. The summed E-state index contributed by atoms with van der Waals surface area (Å²) in [5.41, 5.74) is 13.5. The number of rotatable bonds is 18. The van der Waals surface area contributed by atoms with Gasteiger partial charge in [0.1, 0.15) is 25.2 Å². The summed E-state index contributed by atoms with van der Waals surface area (Å²) in [7, 11) is 0. The largest absolute Gasteiger partial charge is 0.480 e. The zero-order valence-electron chi connectivity index (χ0n) is 28.1. The average molecular weight is 722 g/mol. The van der Waals surface area contributed by atoms with Gasteiger partial charge in [0.15, 0.2) is 0 Å². The molecule has 278 valence electrons. The van der Waals surface area contributed by atoms with Crippen LogP contribution in [0.5, 0.6) is 0 Å². The summed E-state index contributed by atoms with van der Waals surface area (Å²) in [4.78, 5) is 81.4. The van der Waals surface area contributed by atoms with E-state index >= 15 is 0 Å². The third-order valence-corrected chi connectivity index (χ3v) is 7.05. The van der Waals surface area contributed by atoms with Crippen LogP contribution in [0.1, 0.15) is 16.7 Å². The molecule has 5 amide bonds. The third-order valence-electron chi connectivity index (χ3n) is 7.05. The smallest absolute Gasteiger partial charge is 0.325 e. The fourth-order valence-electron chi connectivity index (χ4n) is 4.54. The maximum Gasteiger partial charge on any atom is 0.325 e. The lowest BCUT2D eigenvalue weighted by Crippen LogP contribution is -2.52. The van der Waals surface area contributed by atoms with Crippen LogP contribution in [0.3, 0.4) is 0 Å². The van der Waals surface area contributed by atoms with Crippen LogP contribution in [-0.2, 0) is 52.8 Å². The number of benzene rings is 3. The number of nitrogens with zero attached hydrogens (tertiary/aromatic N) is 1. The van der Waals surface area contributed by atoms with E-state index < -0.39 is 72.7 Å². The molecule has 0 fully saturated rings. The average Bonchev–Trinajstić information content (AvgIpc) is 3.13. The van der Waals surface area contributed by atoms with E-state index in [1.165, 1.54) is 0 Å². The zero-order chi connectivity index (χ0) is 38.5. The molecule has 17 heteroatoms. The van der Waals surface area contributed by atoms with Crippen molar-refractivity contribution in [2.75, 3.05) is 26.2 Å². The second-order valence-corrected chi connectivity index (χ2v) is 11.2. The molecule has 0 saturated heterocycles. The molecule has 0 aliphatic rings. The van der Waals surface area contributed by atoms with E-state index in [9.17, 15) is 38.8 Å². The van der Waals surface area contributed by atoms with Crippen molar-refractivity contribution < 1.29 is 49.0 Å². The quantitative estimate of drug-likeness (QED) is 0.0540. The molecule has 0 saturated carbocycles. The number of hydrogen-bond donors (Lipinski definition) is 9. The van der Waals surface area contributed by atoms with E-state index in [1.807, 2.05) is 36.4 Å². The molecule has 0 unspecified atom stereocenters. The van der Waals surface area contributed by atoms with Crippen LogP contribution in [-0.4, -0.2) is 106 Å². The van der Waals surface area contributed by atoms with Crippen molar-refractivity contribution in [3.63, 3.8) is 0 Å². The molecule has 0 bridgehead atoms. The van der Waals surface area contributed by atoms with Gasteiger partial charge in [-0.3, -0.25) is 38.8 Å². The summed E-state index contributed by atoms with van der Waals surface area (Å²) in [6.45, 7) is -2.12. The molecule has 0 aliphatic carbocycles. The van der Waals surface area contributed by atoms with Gasteiger partial charge in [-0.25, -0.2) is 5.06 Å². The van der Waals surface area contributed by atoms with E-state index in [1.54, 1.807) is 54.6 Å². The number of nitrogens with one attached hydrogen (secondary N) is 4. The molecular formula is C35H43N7O10. The Labute approximate surface area is 299 Å². The number of carboxylic acids is 2. The van der Waals surface area contributed by atoms with Crippen LogP contribution in [0.4, 0.5) is 0 Å². The molecule has 17 nitrogen and oxygen atoms in total. The van der Waals surface area contributed by atoms with Crippen molar-refractivity contribution in [2.24, 2.45) is 11.5 Å². The number of amides is 5. The fraction of sp³-hybridized carbons (Fsp3) is 0.286. The van der Waals surface area contributed by atoms with Crippen molar-refractivity contribution in [1.29, 1.82) is 0 Å². The Bertz CT molecular complexity index is 1630. The molecule has 0 heterocycles. The first kappa shape index (κ1) is 42.0. The lowest BCUT2D eigenvalue weighted by atomic mass is 10.1. The lowest BCUT2D eigenvalue weighted by Gasteiger charge is -2.22. The highest BCUT2D eigenvalue weighted by Gasteiger charge is 2.27. The van der Waals surface area contributed by atoms with Crippen LogP contribution < -0.4 is 32.7 Å². The Hall–Kier alpha value is -6.17. The Morgan fingerprint density at radius 1 is 0.596 bits per heavy atom. The summed E-state index contributed by atoms with van der Waals surface area (Å²) in [6, 6.07) is 24.1. The first-order valence-electron chi connectivity index (χ1n) is 15.9. The van der Waals surface area contributed by atoms with Gasteiger partial charge in [0.2, 0.25) is 23.6 Å². The van der Waals surface area contributed by atoms with Gasteiger partial charge in [0.25, 0.3) is 5.91 Å². The van der Waals surface area contributed by atoms with Crippen LogP contribution in [0, 0.1) is 0 Å². The van der Waals surface area contributed by atoms with Crippen LogP contribution in [0.2, 0.25) is 0 Å². The molecule has 11 N–H and O–H groups in total. The number of carbonyl (C=O) groups excluding carboxylic acids is 5. The summed E-state index contributed by atoms with van der Waals surface area (Å²) in [5.74, 6) is -5.77. The van der Waals surface area contributed by atoms with Crippen molar-refractivity contribution in [3.05, 3.63) is 108 Å². The molecular weight excluding hydrogens is 678 g/mol. The van der Waals surface area contributed by atoms with E-state index in [0.29, 0.717) is 6.42 Å². The highest BCUT2D eigenvalue weighted by Crippen LogP contribution is 2.07. The number of carboxylic acid groups (broad SMARTS) is 2. The Morgan fingerprint density at radius 2 is 1.04 bits per heavy atom. The minimum absolute atomic E-state index is 0.0622. The second kappa shape index (κ2) is 22.5. The summed E-state index contributed by atoms with van der Waals surface area (Å²) in [6.07, 6.45) is 0.601. The van der Waals surface area contributed by atoms with Crippen molar-refractivity contribution in [1.82, 2.24) is 26.3 Å². The zero-order valence-corrected chi connectivity index (χ0v) is 28.1. The highest BCUT2D eigenvalue weighted by atomic mass is 16.5. The van der Waals surface area contributed by atoms with Gasteiger partial charge in [-0.05, 0) is 23.1 Å². The topological polar surface area (TPSA) is 284 Å². The number of nitrogens with two attached hydrogens (primary N) is 2. The van der Waals surface area contributed by atoms with Gasteiger partial charge in [-0.2, -0.15) is 0 Å². The third kappa shape index (κ3) is 16.5. The van der Waals surface area contributed by atoms with Gasteiger partial charge in [0.05, 0.1) is 19.1 Å². The van der Waals surface area contributed by atoms with Crippen molar-refractivity contribution in [2.45, 2.75) is 37.4 Å². The van der Waals surface area contributed by atoms with Crippen LogP contribution >= 0.6 is 0 Å². The van der Waals surface area contributed by atoms with E-state index in [2.05, 4.69) is 21.3 Å². The molecule has 0 aliphatic heterocycles. The molecule has 3 atom stereocenters. The Morgan fingerprint density at radius 3 is 1.50 bits per heavy atom. The monoisotopic (exact) mass is 721 g/mol. The van der Waals surface area contributed by atoms with Crippen LogP contribution in [0.15, 0.2) is 91.0 Å². The first-order valence-corrected chi connectivity index (χ1v) is 15.9. The van der Waals surface area contributed by atoms with E-state index in [0.717, 1.165) is 16.7 Å². The maximum absolute atomic E-state index is 12.3. The standard InChI is InChI=1S/C22H26N4O5.C13H17N3O5/c23-17(11-15-7-3-1-4-8-15)21(30)24-13-19(27)26-18(22(31)25-14-20(28)29)12-16-9-5-2-6-10-16;14-7-11(17)15-10(6-9-4-2-1-3-5-9)13(20)16(21)8-12(18)19/h1-10,17-18H,11-14,23H2,(H,24,30)(H,25,31)(H,26,27)(H,28,29);1-5,10,21H,6-8,14H2,(H,15,17)(H,18,19)/t17-,18-;10-/m00/s1. The molecule has 3 aromatic carbocycles. The van der Waals surface area contributed by atoms with Gasteiger partial charge >= 0.3 is 11.9 Å². The summed E-state index contributed by atoms with van der Waals surface area (Å²) >= 11 is 0. The van der Waals surface area contributed by atoms with Crippen LogP contribution in [0.25, 0.3) is 0 Å². The van der Waals surface area contributed by atoms with Gasteiger partial charge in [-0.1, -0.05) is 91.0 Å². The minimum atomic E-state index is -1.37. The van der Waals surface area contributed by atoms with E-state index in [4.69, 9.17) is 21.7 Å². The van der Waals surface area contributed by atoms with Crippen molar-refractivity contribution >= 4 is 41.5 Å². The molecule has 3 rings (SSSR count). The Kier molecular flexibility index (Phi) is 18.2. The second-order valence-electron chi connectivity index (χ2n) is 11.2. The SMILES string of the molecule is NCC(=O)N[C@@H](Cc1ccccc1)C(=O)N(O)CC(=O)O.N[C@@H](Cc1ccccc1)C(=O)NCC(=O)N[C@@H](Cc1ccccc1)C(=O)NCC(=O)O. The van der Waals surface area contributed by atoms with Gasteiger partial charge in [-0.15, -0.1) is 0 Å². The summed E-state index contributed by atoms with van der Waals surface area (Å²) < 4.78 is 0. The number of hydrogen-bond acceptors (Lipinski definition) is 10. The molecule has 52 heavy (non-hydrogen) atoms. The molecule has 3 aromatic rings. The molecule has 0 radical (unpaired) electrons. The fourth-order valence-corrected chi connectivity index (χ4v) is 4.54. The van der Waals surface area contributed by atoms with Gasteiger partial charge < -0.3 is 42.9 Å². The first-order chi connectivity index (χ1) is 24.8. The maximum atomic E-state index is 12.3.